The van der Waals surface area contributed by atoms with Gasteiger partial charge in [-0.2, -0.15) is 4.31 Å². The molecule has 1 aromatic heterocycles. The Kier molecular flexibility index (Phi) is 7.12. The standard InChI is InChI=1S/C17H27N3O4S.ClH/c1-13-16(25(22,23)20-8-3-4-9-20)10-15(24-13)17(21)19-7-5-6-14(12-19)11-18-2;/h10,14,18H,3-9,11-12H2,1-2H3;1H. The van der Waals surface area contributed by atoms with Crippen molar-refractivity contribution in [2.45, 2.75) is 37.5 Å². The largest absolute Gasteiger partial charge is 0.455 e. The Hall–Kier alpha value is -1.09. The Labute approximate surface area is 161 Å². The van der Waals surface area contributed by atoms with Crippen LogP contribution in [0.25, 0.3) is 0 Å². The Balaban J connectivity index is 0.00000243. The molecule has 1 unspecified atom stereocenters. The summed E-state index contributed by atoms with van der Waals surface area (Å²) in [5, 5.41) is 3.15. The zero-order valence-electron chi connectivity index (χ0n) is 15.4. The molecule has 1 atom stereocenters. The van der Waals surface area contributed by atoms with Gasteiger partial charge in [0.25, 0.3) is 5.91 Å². The fourth-order valence-electron chi connectivity index (χ4n) is 3.76. The third kappa shape index (κ3) is 4.24. The lowest BCUT2D eigenvalue weighted by Crippen LogP contribution is -2.42. The maximum Gasteiger partial charge on any atom is 0.289 e. The Morgan fingerprint density at radius 1 is 1.27 bits per heavy atom. The molecule has 9 heteroatoms. The smallest absolute Gasteiger partial charge is 0.289 e. The first kappa shape index (κ1) is 21.2. The molecular weight excluding hydrogens is 378 g/mol. The maximum absolute atomic E-state index is 12.8. The van der Waals surface area contributed by atoms with Crippen molar-refractivity contribution in [3.8, 4) is 0 Å². The molecule has 1 N–H and O–H groups in total. The number of hydrogen-bond donors (Lipinski definition) is 1. The molecule has 7 nitrogen and oxygen atoms in total. The van der Waals surface area contributed by atoms with E-state index in [-0.39, 0.29) is 29.0 Å². The van der Waals surface area contributed by atoms with E-state index in [2.05, 4.69) is 5.32 Å². The average Bonchev–Trinajstić information content (AvgIpc) is 3.25. The molecule has 0 bridgehead atoms. The van der Waals surface area contributed by atoms with Crippen LogP contribution in [0.2, 0.25) is 0 Å². The molecule has 2 aliphatic heterocycles. The third-order valence-corrected chi connectivity index (χ3v) is 7.07. The number of piperidine rings is 1. The normalized spacial score (nSPS) is 21.6. The van der Waals surface area contributed by atoms with E-state index < -0.39 is 10.0 Å². The summed E-state index contributed by atoms with van der Waals surface area (Å²) >= 11 is 0. The number of carbonyl (C=O) groups is 1. The first-order valence-electron chi connectivity index (χ1n) is 8.98. The lowest BCUT2D eigenvalue weighted by atomic mass is 9.98. The van der Waals surface area contributed by atoms with Crippen LogP contribution in [0.5, 0.6) is 0 Å². The van der Waals surface area contributed by atoms with Crippen molar-refractivity contribution in [3.63, 3.8) is 0 Å². The number of hydrogen-bond acceptors (Lipinski definition) is 5. The number of carbonyl (C=O) groups excluding carboxylic acids is 1. The summed E-state index contributed by atoms with van der Waals surface area (Å²) in [6.07, 6.45) is 3.80. The molecule has 2 aliphatic rings. The molecule has 3 rings (SSSR count). The highest BCUT2D eigenvalue weighted by Crippen LogP contribution is 2.27. The zero-order chi connectivity index (χ0) is 18.0. The van der Waals surface area contributed by atoms with Gasteiger partial charge in [0, 0.05) is 32.2 Å². The minimum atomic E-state index is -3.57. The van der Waals surface area contributed by atoms with Gasteiger partial charge < -0.3 is 14.6 Å². The van der Waals surface area contributed by atoms with Crippen LogP contribution < -0.4 is 5.32 Å². The van der Waals surface area contributed by atoms with E-state index in [9.17, 15) is 13.2 Å². The van der Waals surface area contributed by atoms with Crippen LogP contribution in [0, 0.1) is 12.8 Å². The summed E-state index contributed by atoms with van der Waals surface area (Å²) in [6, 6.07) is 1.41. The lowest BCUT2D eigenvalue weighted by molar-refractivity contribution is 0.0641. The Morgan fingerprint density at radius 2 is 1.96 bits per heavy atom. The first-order valence-corrected chi connectivity index (χ1v) is 10.4. The predicted octanol–water partition coefficient (Wildman–Crippen LogP) is 1.87. The van der Waals surface area contributed by atoms with Gasteiger partial charge in [-0.15, -0.1) is 12.4 Å². The molecule has 1 aromatic rings. The monoisotopic (exact) mass is 405 g/mol. The van der Waals surface area contributed by atoms with Gasteiger partial charge in [-0.3, -0.25) is 4.79 Å². The lowest BCUT2D eigenvalue weighted by Gasteiger charge is -2.32. The van der Waals surface area contributed by atoms with Gasteiger partial charge in [-0.25, -0.2) is 8.42 Å². The van der Waals surface area contributed by atoms with Gasteiger partial charge in [0.1, 0.15) is 10.7 Å². The van der Waals surface area contributed by atoms with Gasteiger partial charge in [0.05, 0.1) is 0 Å². The summed E-state index contributed by atoms with van der Waals surface area (Å²) in [6.45, 7) is 4.91. The second kappa shape index (κ2) is 8.73. The molecular formula is C17H28ClN3O4S. The van der Waals surface area contributed by atoms with Gasteiger partial charge in [-0.1, -0.05) is 0 Å². The number of likely N-dealkylation sites (tertiary alicyclic amines) is 1. The van der Waals surface area contributed by atoms with Gasteiger partial charge in [-0.05, 0) is 52.1 Å². The molecule has 148 valence electrons. The zero-order valence-corrected chi connectivity index (χ0v) is 17.0. The number of nitrogens with zero attached hydrogens (tertiary/aromatic N) is 2. The second-order valence-corrected chi connectivity index (χ2v) is 8.87. The quantitative estimate of drug-likeness (QED) is 0.808. The number of furan rings is 1. The summed E-state index contributed by atoms with van der Waals surface area (Å²) < 4.78 is 32.5. The van der Waals surface area contributed by atoms with E-state index in [0.717, 1.165) is 32.2 Å². The molecule has 1 amide bonds. The fraction of sp³-hybridized carbons (Fsp3) is 0.706. The topological polar surface area (TPSA) is 82.9 Å². The minimum absolute atomic E-state index is 0. The molecule has 2 saturated heterocycles. The van der Waals surface area contributed by atoms with Crippen LogP contribution in [0.4, 0.5) is 0 Å². The van der Waals surface area contributed by atoms with Crippen LogP contribution >= 0.6 is 12.4 Å². The fourth-order valence-corrected chi connectivity index (χ4v) is 5.43. The highest BCUT2D eigenvalue weighted by Gasteiger charge is 2.33. The number of rotatable bonds is 5. The summed E-state index contributed by atoms with van der Waals surface area (Å²) in [4.78, 5) is 14.7. The van der Waals surface area contributed by atoms with Crippen LogP contribution in [-0.2, 0) is 10.0 Å². The van der Waals surface area contributed by atoms with Gasteiger partial charge in [0.2, 0.25) is 10.0 Å². The molecule has 0 spiro atoms. The van der Waals surface area contributed by atoms with E-state index in [0.29, 0.717) is 37.9 Å². The number of nitrogens with one attached hydrogen (secondary N) is 1. The van der Waals surface area contributed by atoms with Crippen molar-refractivity contribution in [2.75, 3.05) is 39.8 Å². The maximum atomic E-state index is 12.8. The predicted molar refractivity (Wildman–Crippen MR) is 101 cm³/mol. The van der Waals surface area contributed by atoms with Crippen LogP contribution in [-0.4, -0.2) is 63.3 Å². The van der Waals surface area contributed by atoms with E-state index >= 15 is 0 Å². The van der Waals surface area contributed by atoms with Crippen LogP contribution in [0.1, 0.15) is 42.0 Å². The molecule has 0 aliphatic carbocycles. The molecule has 2 fully saturated rings. The van der Waals surface area contributed by atoms with E-state index in [1.165, 1.54) is 10.4 Å². The third-order valence-electron chi connectivity index (χ3n) is 5.06. The van der Waals surface area contributed by atoms with Crippen molar-refractivity contribution >= 4 is 28.3 Å². The Morgan fingerprint density at radius 3 is 2.62 bits per heavy atom. The van der Waals surface area contributed by atoms with Gasteiger partial charge in [0.15, 0.2) is 5.76 Å². The van der Waals surface area contributed by atoms with Gasteiger partial charge >= 0.3 is 0 Å². The molecule has 0 saturated carbocycles. The molecule has 0 radical (unpaired) electrons. The summed E-state index contributed by atoms with van der Waals surface area (Å²) in [5.41, 5.74) is 0. The molecule has 0 aromatic carbocycles. The Bertz CT molecular complexity index is 726. The first-order chi connectivity index (χ1) is 11.9. The van der Waals surface area contributed by atoms with Crippen molar-refractivity contribution in [1.29, 1.82) is 0 Å². The highest BCUT2D eigenvalue weighted by atomic mass is 35.5. The molecule has 26 heavy (non-hydrogen) atoms. The molecule has 3 heterocycles. The minimum Gasteiger partial charge on any atom is -0.455 e. The number of sulfonamides is 1. The average molecular weight is 406 g/mol. The van der Waals surface area contributed by atoms with Crippen LogP contribution in [0.15, 0.2) is 15.4 Å². The van der Waals surface area contributed by atoms with Crippen molar-refractivity contribution < 1.29 is 17.6 Å². The van der Waals surface area contributed by atoms with E-state index in [4.69, 9.17) is 4.42 Å². The van der Waals surface area contributed by atoms with Crippen LogP contribution in [0.3, 0.4) is 0 Å². The van der Waals surface area contributed by atoms with E-state index in [1.54, 1.807) is 11.8 Å². The number of halogens is 1. The highest BCUT2D eigenvalue weighted by molar-refractivity contribution is 7.89. The van der Waals surface area contributed by atoms with Crippen molar-refractivity contribution in [3.05, 3.63) is 17.6 Å². The number of amides is 1. The summed E-state index contributed by atoms with van der Waals surface area (Å²) in [7, 11) is -1.66. The SMILES string of the molecule is CNCC1CCCN(C(=O)c2cc(S(=O)(=O)N3CCCC3)c(C)o2)C1.Cl. The van der Waals surface area contributed by atoms with Crippen molar-refractivity contribution in [2.24, 2.45) is 5.92 Å². The second-order valence-electron chi connectivity index (χ2n) is 6.96. The number of aryl methyl sites for hydroxylation is 1. The van der Waals surface area contributed by atoms with E-state index in [1.807, 2.05) is 7.05 Å². The van der Waals surface area contributed by atoms with Crippen molar-refractivity contribution in [1.82, 2.24) is 14.5 Å². The summed E-state index contributed by atoms with van der Waals surface area (Å²) in [5.74, 6) is 0.623.